The first-order chi connectivity index (χ1) is 8.60. The van der Waals surface area contributed by atoms with E-state index in [0.29, 0.717) is 19.0 Å². The van der Waals surface area contributed by atoms with Gasteiger partial charge in [0.25, 0.3) is 0 Å². The molecule has 18 heavy (non-hydrogen) atoms. The molecule has 2 atom stereocenters. The summed E-state index contributed by atoms with van der Waals surface area (Å²) in [5.41, 5.74) is 0. The highest BCUT2D eigenvalue weighted by atomic mass is 16.3. The summed E-state index contributed by atoms with van der Waals surface area (Å²) < 4.78 is 0. The van der Waals surface area contributed by atoms with Crippen molar-refractivity contribution in [3.05, 3.63) is 0 Å². The van der Waals surface area contributed by atoms with Gasteiger partial charge in [-0.15, -0.1) is 0 Å². The number of nitriles is 1. The topological polar surface area (TPSA) is 76.4 Å². The second-order valence-electron chi connectivity index (χ2n) is 5.19. The van der Waals surface area contributed by atoms with Gasteiger partial charge in [0.2, 0.25) is 5.91 Å². The highest BCUT2D eigenvalue weighted by Crippen LogP contribution is 2.16. The molecule has 0 unspecified atom stereocenters. The Balaban J connectivity index is 2.31. The SMILES string of the molecule is CC(C)[C@@H](CO)CNCC(=O)N1CCC[C@H]1C#N. The summed E-state index contributed by atoms with van der Waals surface area (Å²) in [6.07, 6.45) is 1.70. The van der Waals surface area contributed by atoms with E-state index in [1.165, 1.54) is 0 Å². The molecule has 1 fully saturated rings. The number of hydrogen-bond acceptors (Lipinski definition) is 4. The fourth-order valence-electron chi connectivity index (χ4n) is 2.18. The van der Waals surface area contributed by atoms with Crippen molar-refractivity contribution in [2.24, 2.45) is 11.8 Å². The molecule has 1 heterocycles. The lowest BCUT2D eigenvalue weighted by atomic mass is 9.97. The molecule has 5 nitrogen and oxygen atoms in total. The molecule has 0 aromatic heterocycles. The minimum Gasteiger partial charge on any atom is -0.396 e. The maximum atomic E-state index is 11.9. The normalized spacial score (nSPS) is 21.1. The number of amides is 1. The Labute approximate surface area is 109 Å². The van der Waals surface area contributed by atoms with E-state index in [0.717, 1.165) is 12.8 Å². The van der Waals surface area contributed by atoms with Crippen LogP contribution in [0.4, 0.5) is 0 Å². The highest BCUT2D eigenvalue weighted by molar-refractivity contribution is 5.79. The van der Waals surface area contributed by atoms with Crippen LogP contribution in [0.25, 0.3) is 0 Å². The minimum absolute atomic E-state index is 0.0144. The number of aliphatic hydroxyl groups excluding tert-OH is 1. The summed E-state index contributed by atoms with van der Waals surface area (Å²) in [4.78, 5) is 13.6. The molecule has 1 aliphatic heterocycles. The van der Waals surface area contributed by atoms with E-state index in [9.17, 15) is 9.90 Å². The van der Waals surface area contributed by atoms with Crippen LogP contribution in [0.1, 0.15) is 26.7 Å². The number of rotatable bonds is 6. The third-order valence-corrected chi connectivity index (χ3v) is 3.58. The molecule has 0 aromatic rings. The fourth-order valence-corrected chi connectivity index (χ4v) is 2.18. The van der Waals surface area contributed by atoms with Crippen LogP contribution in [0.5, 0.6) is 0 Å². The van der Waals surface area contributed by atoms with Crippen LogP contribution < -0.4 is 5.32 Å². The van der Waals surface area contributed by atoms with E-state index >= 15 is 0 Å². The molecular weight excluding hydrogens is 230 g/mol. The van der Waals surface area contributed by atoms with E-state index in [2.05, 4.69) is 25.2 Å². The number of likely N-dealkylation sites (tertiary alicyclic amines) is 1. The van der Waals surface area contributed by atoms with E-state index in [-0.39, 0.29) is 31.0 Å². The van der Waals surface area contributed by atoms with Crippen LogP contribution in [0, 0.1) is 23.2 Å². The Bertz CT molecular complexity index is 312. The van der Waals surface area contributed by atoms with Gasteiger partial charge in [0.1, 0.15) is 6.04 Å². The van der Waals surface area contributed by atoms with E-state index in [1.54, 1.807) is 4.90 Å². The van der Waals surface area contributed by atoms with E-state index in [1.807, 2.05) is 0 Å². The van der Waals surface area contributed by atoms with Gasteiger partial charge in [-0.05, 0) is 24.7 Å². The predicted octanol–water partition coefficient (Wildman–Crippen LogP) is 0.355. The molecule has 1 saturated heterocycles. The summed E-state index contributed by atoms with van der Waals surface area (Å²) in [5.74, 6) is 0.541. The first-order valence-electron chi connectivity index (χ1n) is 6.60. The largest absolute Gasteiger partial charge is 0.396 e. The predicted molar refractivity (Wildman–Crippen MR) is 68.6 cm³/mol. The van der Waals surface area contributed by atoms with Gasteiger partial charge in [0.15, 0.2) is 0 Å². The molecule has 0 spiro atoms. The lowest BCUT2D eigenvalue weighted by Gasteiger charge is -2.22. The van der Waals surface area contributed by atoms with Crippen LogP contribution in [0.15, 0.2) is 0 Å². The quantitative estimate of drug-likeness (QED) is 0.716. The third kappa shape index (κ3) is 3.97. The Morgan fingerprint density at radius 1 is 1.61 bits per heavy atom. The maximum absolute atomic E-state index is 11.9. The summed E-state index contributed by atoms with van der Waals surface area (Å²) in [6, 6.07) is 1.91. The number of carbonyl (C=O) groups excluding carboxylic acids is 1. The smallest absolute Gasteiger partial charge is 0.237 e. The molecular formula is C13H23N3O2. The van der Waals surface area contributed by atoms with Crippen molar-refractivity contribution in [3.63, 3.8) is 0 Å². The number of nitrogens with one attached hydrogen (secondary N) is 1. The standard InChI is InChI=1S/C13H23N3O2/c1-10(2)11(9-17)7-15-8-13(18)16-5-3-4-12(16)6-14/h10-12,15,17H,3-5,7-9H2,1-2H3/t11-,12+/m1/s1. The zero-order valence-electron chi connectivity index (χ0n) is 11.2. The van der Waals surface area contributed by atoms with Crippen molar-refractivity contribution in [3.8, 4) is 6.07 Å². The monoisotopic (exact) mass is 253 g/mol. The van der Waals surface area contributed by atoms with Gasteiger partial charge in [-0.2, -0.15) is 5.26 Å². The van der Waals surface area contributed by atoms with Crippen LogP contribution in [-0.2, 0) is 4.79 Å². The third-order valence-electron chi connectivity index (χ3n) is 3.58. The fraction of sp³-hybridized carbons (Fsp3) is 0.846. The van der Waals surface area contributed by atoms with Gasteiger partial charge in [-0.1, -0.05) is 13.8 Å². The second kappa shape index (κ2) is 7.34. The Morgan fingerprint density at radius 2 is 2.33 bits per heavy atom. The first-order valence-corrected chi connectivity index (χ1v) is 6.60. The summed E-state index contributed by atoms with van der Waals surface area (Å²) in [7, 11) is 0. The Hall–Kier alpha value is -1.12. The summed E-state index contributed by atoms with van der Waals surface area (Å²) >= 11 is 0. The number of hydrogen-bond donors (Lipinski definition) is 2. The van der Waals surface area contributed by atoms with Crippen molar-refractivity contribution >= 4 is 5.91 Å². The molecule has 102 valence electrons. The molecule has 1 amide bonds. The second-order valence-corrected chi connectivity index (χ2v) is 5.19. The number of aliphatic hydroxyl groups is 1. The van der Waals surface area contributed by atoms with Gasteiger partial charge >= 0.3 is 0 Å². The molecule has 0 bridgehead atoms. The molecule has 1 aliphatic rings. The van der Waals surface area contributed by atoms with Crippen LogP contribution >= 0.6 is 0 Å². The van der Waals surface area contributed by atoms with Crippen molar-refractivity contribution in [1.29, 1.82) is 5.26 Å². The van der Waals surface area contributed by atoms with Gasteiger partial charge in [0, 0.05) is 19.7 Å². The van der Waals surface area contributed by atoms with E-state index < -0.39 is 0 Å². The average molecular weight is 253 g/mol. The molecule has 0 saturated carbocycles. The summed E-state index contributed by atoms with van der Waals surface area (Å²) in [5, 5.41) is 21.2. The van der Waals surface area contributed by atoms with Crippen LogP contribution in [0.3, 0.4) is 0 Å². The van der Waals surface area contributed by atoms with Crippen molar-refractivity contribution < 1.29 is 9.90 Å². The van der Waals surface area contributed by atoms with Gasteiger partial charge in [-0.25, -0.2) is 0 Å². The van der Waals surface area contributed by atoms with Crippen LogP contribution in [0.2, 0.25) is 0 Å². The van der Waals surface area contributed by atoms with Gasteiger partial charge in [-0.3, -0.25) is 4.79 Å². The molecule has 0 aromatic carbocycles. The lowest BCUT2D eigenvalue weighted by molar-refractivity contribution is -0.130. The maximum Gasteiger partial charge on any atom is 0.237 e. The van der Waals surface area contributed by atoms with Crippen molar-refractivity contribution in [1.82, 2.24) is 10.2 Å². The molecule has 0 radical (unpaired) electrons. The van der Waals surface area contributed by atoms with Crippen molar-refractivity contribution in [2.75, 3.05) is 26.2 Å². The number of nitrogens with zero attached hydrogens (tertiary/aromatic N) is 2. The van der Waals surface area contributed by atoms with Crippen molar-refractivity contribution in [2.45, 2.75) is 32.7 Å². The van der Waals surface area contributed by atoms with Gasteiger partial charge < -0.3 is 15.3 Å². The Morgan fingerprint density at radius 3 is 2.89 bits per heavy atom. The lowest BCUT2D eigenvalue weighted by Crippen LogP contribution is -2.42. The zero-order chi connectivity index (χ0) is 13.5. The minimum atomic E-state index is -0.252. The number of carbonyl (C=O) groups is 1. The average Bonchev–Trinajstić information content (AvgIpc) is 2.82. The zero-order valence-corrected chi connectivity index (χ0v) is 11.2. The Kier molecular flexibility index (Phi) is 6.10. The molecule has 1 rings (SSSR count). The van der Waals surface area contributed by atoms with Gasteiger partial charge in [0.05, 0.1) is 12.6 Å². The molecule has 0 aliphatic carbocycles. The van der Waals surface area contributed by atoms with E-state index in [4.69, 9.17) is 5.26 Å². The van der Waals surface area contributed by atoms with Crippen LogP contribution in [-0.4, -0.2) is 48.2 Å². The summed E-state index contributed by atoms with van der Waals surface area (Å²) in [6.45, 7) is 5.80. The molecule has 5 heteroatoms. The first kappa shape index (κ1) is 14.9. The molecule has 2 N–H and O–H groups in total. The highest BCUT2D eigenvalue weighted by Gasteiger charge is 2.28.